The first-order chi connectivity index (χ1) is 9.05. The average Bonchev–Trinajstić information content (AvgIpc) is 2.95. The number of nitrogens with one attached hydrogen (secondary N) is 1. The molecule has 108 valence electrons. The van der Waals surface area contributed by atoms with Gasteiger partial charge in [-0.25, -0.2) is 4.98 Å². The van der Waals surface area contributed by atoms with Gasteiger partial charge in [0, 0.05) is 12.0 Å². The topological polar surface area (TPSA) is 34.1 Å². The van der Waals surface area contributed by atoms with Gasteiger partial charge in [-0.15, -0.1) is 11.3 Å². The molecule has 0 bridgehead atoms. The van der Waals surface area contributed by atoms with Crippen LogP contribution in [0.3, 0.4) is 0 Å². The molecule has 2 rings (SSSR count). The van der Waals surface area contributed by atoms with Gasteiger partial charge in [0.15, 0.2) is 0 Å². The van der Waals surface area contributed by atoms with Crippen molar-refractivity contribution in [2.45, 2.75) is 64.5 Å². The van der Waals surface area contributed by atoms with E-state index in [-0.39, 0.29) is 5.60 Å². The maximum absolute atomic E-state index is 5.58. The highest BCUT2D eigenvalue weighted by atomic mass is 32.1. The van der Waals surface area contributed by atoms with E-state index in [4.69, 9.17) is 9.72 Å². The summed E-state index contributed by atoms with van der Waals surface area (Å²) in [6.07, 6.45) is 5.79. The first-order valence-electron chi connectivity index (χ1n) is 7.32. The molecule has 4 heteroatoms. The van der Waals surface area contributed by atoms with E-state index in [0.29, 0.717) is 6.04 Å². The van der Waals surface area contributed by atoms with Gasteiger partial charge in [0.2, 0.25) is 0 Å². The molecule has 0 saturated carbocycles. The van der Waals surface area contributed by atoms with E-state index in [1.54, 1.807) is 7.11 Å². The molecule has 0 spiro atoms. The van der Waals surface area contributed by atoms with Gasteiger partial charge in [0.05, 0.1) is 17.3 Å². The summed E-state index contributed by atoms with van der Waals surface area (Å²) >= 11 is 1.90. The van der Waals surface area contributed by atoms with Crippen LogP contribution in [-0.4, -0.2) is 24.2 Å². The van der Waals surface area contributed by atoms with Gasteiger partial charge in [0.1, 0.15) is 5.01 Å². The number of hydrogen-bond acceptors (Lipinski definition) is 4. The summed E-state index contributed by atoms with van der Waals surface area (Å²) < 4.78 is 5.58. The molecule has 1 aromatic heterocycles. The molecule has 1 heterocycles. The maximum atomic E-state index is 5.58. The highest BCUT2D eigenvalue weighted by Crippen LogP contribution is 2.34. The summed E-state index contributed by atoms with van der Waals surface area (Å²) in [4.78, 5) is 6.37. The first kappa shape index (κ1) is 14.9. The molecule has 0 aromatic carbocycles. The van der Waals surface area contributed by atoms with Crippen LogP contribution in [0.2, 0.25) is 0 Å². The number of fused-ring (bicyclic) bond motifs is 1. The Morgan fingerprint density at radius 1 is 1.42 bits per heavy atom. The number of ether oxygens (including phenoxy) is 1. The van der Waals surface area contributed by atoms with Gasteiger partial charge in [-0.1, -0.05) is 6.92 Å². The summed E-state index contributed by atoms with van der Waals surface area (Å²) in [6, 6.07) is 0.325. The highest BCUT2D eigenvalue weighted by Gasteiger charge is 2.27. The third-order valence-corrected chi connectivity index (χ3v) is 5.07. The van der Waals surface area contributed by atoms with E-state index in [1.807, 2.05) is 11.3 Å². The largest absolute Gasteiger partial charge is 0.379 e. The SMILES string of the molecule is CCCNC(CC(C)(C)OC)c1nc2c(s1)CCC2. The van der Waals surface area contributed by atoms with Gasteiger partial charge < -0.3 is 10.1 Å². The van der Waals surface area contributed by atoms with Crippen molar-refractivity contribution in [1.82, 2.24) is 10.3 Å². The van der Waals surface area contributed by atoms with Gasteiger partial charge in [-0.2, -0.15) is 0 Å². The molecule has 1 N–H and O–H groups in total. The zero-order chi connectivity index (χ0) is 13.9. The van der Waals surface area contributed by atoms with Gasteiger partial charge in [-0.05, 0) is 52.5 Å². The number of methoxy groups -OCH3 is 1. The summed E-state index contributed by atoms with van der Waals surface area (Å²) in [5, 5.41) is 4.89. The fourth-order valence-corrected chi connectivity index (χ4v) is 3.73. The molecule has 1 aliphatic rings. The minimum atomic E-state index is -0.110. The third-order valence-electron chi connectivity index (χ3n) is 3.80. The average molecular weight is 282 g/mol. The van der Waals surface area contributed by atoms with Crippen molar-refractivity contribution < 1.29 is 4.74 Å². The zero-order valence-electron chi connectivity index (χ0n) is 12.6. The van der Waals surface area contributed by atoms with E-state index in [0.717, 1.165) is 19.4 Å². The van der Waals surface area contributed by atoms with Crippen LogP contribution in [0.15, 0.2) is 0 Å². The number of nitrogens with zero attached hydrogens (tertiary/aromatic N) is 1. The van der Waals surface area contributed by atoms with Gasteiger partial charge in [0.25, 0.3) is 0 Å². The second-order valence-corrected chi connectivity index (χ2v) is 7.07. The molecule has 0 fully saturated rings. The predicted molar refractivity (Wildman–Crippen MR) is 80.9 cm³/mol. The quantitative estimate of drug-likeness (QED) is 0.831. The second-order valence-electron chi connectivity index (χ2n) is 5.95. The summed E-state index contributed by atoms with van der Waals surface area (Å²) in [6.45, 7) is 7.53. The van der Waals surface area contributed by atoms with Crippen molar-refractivity contribution in [2.75, 3.05) is 13.7 Å². The van der Waals surface area contributed by atoms with Crippen LogP contribution in [-0.2, 0) is 17.6 Å². The number of aromatic nitrogens is 1. The Hall–Kier alpha value is -0.450. The molecule has 1 unspecified atom stereocenters. The summed E-state index contributed by atoms with van der Waals surface area (Å²) in [5.41, 5.74) is 1.24. The maximum Gasteiger partial charge on any atom is 0.110 e. The van der Waals surface area contributed by atoms with Crippen molar-refractivity contribution in [1.29, 1.82) is 0 Å². The lowest BCUT2D eigenvalue weighted by Crippen LogP contribution is -2.32. The van der Waals surface area contributed by atoms with E-state index >= 15 is 0 Å². The lowest BCUT2D eigenvalue weighted by Gasteiger charge is -2.28. The fraction of sp³-hybridized carbons (Fsp3) is 0.800. The minimum Gasteiger partial charge on any atom is -0.379 e. The Morgan fingerprint density at radius 2 is 2.21 bits per heavy atom. The van der Waals surface area contributed by atoms with Crippen LogP contribution in [0.1, 0.15) is 61.7 Å². The number of aryl methyl sites for hydroxylation is 2. The van der Waals surface area contributed by atoms with Crippen LogP contribution in [0.5, 0.6) is 0 Å². The van der Waals surface area contributed by atoms with E-state index < -0.39 is 0 Å². The normalized spacial score (nSPS) is 16.6. The molecule has 3 nitrogen and oxygen atoms in total. The third kappa shape index (κ3) is 3.77. The summed E-state index contributed by atoms with van der Waals surface area (Å²) in [5.74, 6) is 0. The molecular formula is C15H26N2OS. The lowest BCUT2D eigenvalue weighted by molar-refractivity contribution is 0.00682. The molecule has 0 amide bonds. The van der Waals surface area contributed by atoms with E-state index in [1.165, 1.54) is 34.8 Å². The molecule has 0 aliphatic heterocycles. The molecule has 19 heavy (non-hydrogen) atoms. The van der Waals surface area contributed by atoms with Crippen LogP contribution >= 0.6 is 11.3 Å². The Labute approximate surface area is 120 Å². The van der Waals surface area contributed by atoms with Gasteiger partial charge in [-0.3, -0.25) is 0 Å². The molecular weight excluding hydrogens is 256 g/mol. The fourth-order valence-electron chi connectivity index (χ4n) is 2.50. The van der Waals surface area contributed by atoms with E-state index in [9.17, 15) is 0 Å². The Balaban J connectivity index is 2.11. The molecule has 1 atom stereocenters. The smallest absolute Gasteiger partial charge is 0.110 e. The van der Waals surface area contributed by atoms with Crippen LogP contribution < -0.4 is 5.32 Å². The predicted octanol–water partition coefficient (Wildman–Crippen LogP) is 3.49. The first-order valence-corrected chi connectivity index (χ1v) is 8.14. The molecule has 0 saturated heterocycles. The standard InChI is InChI=1S/C15H26N2OS/c1-5-9-16-12(10-15(2,3)18-4)14-17-11-7-6-8-13(11)19-14/h12,16H,5-10H2,1-4H3. The summed E-state index contributed by atoms with van der Waals surface area (Å²) in [7, 11) is 1.79. The Kier molecular flexibility index (Phi) is 4.98. The van der Waals surface area contributed by atoms with Crippen molar-refractivity contribution in [2.24, 2.45) is 0 Å². The highest BCUT2D eigenvalue weighted by molar-refractivity contribution is 7.11. The van der Waals surface area contributed by atoms with Crippen molar-refractivity contribution in [3.63, 3.8) is 0 Å². The van der Waals surface area contributed by atoms with Gasteiger partial charge >= 0.3 is 0 Å². The molecule has 1 aliphatic carbocycles. The van der Waals surface area contributed by atoms with Crippen molar-refractivity contribution in [3.05, 3.63) is 15.6 Å². The molecule has 1 aromatic rings. The van der Waals surface area contributed by atoms with Crippen LogP contribution in [0.25, 0.3) is 0 Å². The second kappa shape index (κ2) is 6.33. The minimum absolute atomic E-state index is 0.110. The Morgan fingerprint density at radius 3 is 2.84 bits per heavy atom. The number of rotatable bonds is 7. The van der Waals surface area contributed by atoms with Crippen LogP contribution in [0, 0.1) is 0 Å². The van der Waals surface area contributed by atoms with E-state index in [2.05, 4.69) is 26.1 Å². The molecule has 0 radical (unpaired) electrons. The Bertz CT molecular complexity index is 393. The van der Waals surface area contributed by atoms with Crippen LogP contribution in [0.4, 0.5) is 0 Å². The zero-order valence-corrected chi connectivity index (χ0v) is 13.4. The number of thiazole rings is 1. The monoisotopic (exact) mass is 282 g/mol. The van der Waals surface area contributed by atoms with Crippen molar-refractivity contribution in [3.8, 4) is 0 Å². The number of hydrogen-bond donors (Lipinski definition) is 1. The van der Waals surface area contributed by atoms with Crippen molar-refractivity contribution >= 4 is 11.3 Å². The lowest BCUT2D eigenvalue weighted by atomic mass is 9.99.